The SMILES string of the molecule is Cc1ccc2nc(C)c(C(=O)N3CCC[C@@H]3C3CCCC3)cc2c1. The molecular formula is C21H26N2O. The van der Waals surface area contributed by atoms with Gasteiger partial charge in [0.2, 0.25) is 0 Å². The maximum atomic E-state index is 13.2. The summed E-state index contributed by atoms with van der Waals surface area (Å²) in [6.07, 6.45) is 7.57. The van der Waals surface area contributed by atoms with Gasteiger partial charge in [-0.05, 0) is 63.6 Å². The van der Waals surface area contributed by atoms with E-state index in [4.69, 9.17) is 0 Å². The minimum absolute atomic E-state index is 0.192. The van der Waals surface area contributed by atoms with Crippen molar-refractivity contribution in [2.75, 3.05) is 6.54 Å². The van der Waals surface area contributed by atoms with Crippen LogP contribution >= 0.6 is 0 Å². The normalized spacial score (nSPS) is 21.8. The Morgan fingerprint density at radius 3 is 2.67 bits per heavy atom. The molecule has 2 aliphatic rings. The van der Waals surface area contributed by atoms with Gasteiger partial charge < -0.3 is 4.90 Å². The van der Waals surface area contributed by atoms with Crippen LogP contribution in [0.2, 0.25) is 0 Å². The molecule has 1 aromatic heterocycles. The van der Waals surface area contributed by atoms with E-state index in [0.717, 1.165) is 35.1 Å². The molecule has 1 amide bonds. The Labute approximate surface area is 144 Å². The number of nitrogens with zero attached hydrogens (tertiary/aromatic N) is 2. The van der Waals surface area contributed by atoms with Gasteiger partial charge in [0.25, 0.3) is 5.91 Å². The summed E-state index contributed by atoms with van der Waals surface area (Å²) in [6.45, 7) is 4.95. The lowest BCUT2D eigenvalue weighted by molar-refractivity contribution is 0.0688. The van der Waals surface area contributed by atoms with Crippen molar-refractivity contribution in [3.8, 4) is 0 Å². The summed E-state index contributed by atoms with van der Waals surface area (Å²) in [7, 11) is 0. The number of hydrogen-bond donors (Lipinski definition) is 0. The second-order valence-electron chi connectivity index (χ2n) is 7.57. The molecule has 1 aromatic carbocycles. The fraction of sp³-hybridized carbons (Fsp3) is 0.524. The van der Waals surface area contributed by atoms with Gasteiger partial charge in [0.15, 0.2) is 0 Å². The quantitative estimate of drug-likeness (QED) is 0.806. The van der Waals surface area contributed by atoms with Crippen LogP contribution in [0.25, 0.3) is 10.9 Å². The number of fused-ring (bicyclic) bond motifs is 1. The fourth-order valence-electron chi connectivity index (χ4n) is 4.64. The minimum Gasteiger partial charge on any atom is -0.335 e. The number of benzene rings is 1. The van der Waals surface area contributed by atoms with Gasteiger partial charge in [-0.3, -0.25) is 9.78 Å². The molecule has 2 aromatic rings. The van der Waals surface area contributed by atoms with E-state index in [0.29, 0.717) is 12.0 Å². The van der Waals surface area contributed by atoms with Gasteiger partial charge in [0, 0.05) is 18.0 Å². The van der Waals surface area contributed by atoms with Gasteiger partial charge in [-0.2, -0.15) is 0 Å². The van der Waals surface area contributed by atoms with Crippen molar-refractivity contribution in [1.29, 1.82) is 0 Å². The van der Waals surface area contributed by atoms with E-state index in [1.54, 1.807) is 0 Å². The lowest BCUT2D eigenvalue weighted by Gasteiger charge is -2.30. The predicted octanol–water partition coefficient (Wildman–Crippen LogP) is 4.65. The fourth-order valence-corrected chi connectivity index (χ4v) is 4.64. The van der Waals surface area contributed by atoms with Crippen molar-refractivity contribution in [2.24, 2.45) is 5.92 Å². The number of rotatable bonds is 2. The summed E-state index contributed by atoms with van der Waals surface area (Å²) in [5, 5.41) is 1.07. The molecule has 0 spiro atoms. The number of amides is 1. The van der Waals surface area contributed by atoms with Gasteiger partial charge in [-0.15, -0.1) is 0 Å². The Balaban J connectivity index is 1.68. The van der Waals surface area contributed by atoms with Crippen LogP contribution in [0.4, 0.5) is 0 Å². The summed E-state index contributed by atoms with van der Waals surface area (Å²) in [4.78, 5) is 20.1. The van der Waals surface area contributed by atoms with E-state index in [1.165, 1.54) is 37.7 Å². The van der Waals surface area contributed by atoms with E-state index >= 15 is 0 Å². The first-order valence-corrected chi connectivity index (χ1v) is 9.32. The highest BCUT2D eigenvalue weighted by atomic mass is 16.2. The van der Waals surface area contributed by atoms with Crippen LogP contribution in [0.3, 0.4) is 0 Å². The number of aromatic nitrogens is 1. The van der Waals surface area contributed by atoms with E-state index in [9.17, 15) is 4.79 Å². The Kier molecular flexibility index (Phi) is 4.03. The topological polar surface area (TPSA) is 33.2 Å². The number of carbonyl (C=O) groups is 1. The molecule has 1 saturated heterocycles. The standard InChI is InChI=1S/C21H26N2O/c1-14-9-10-19-17(12-14)13-18(15(2)22-19)21(24)23-11-5-8-20(23)16-6-3-4-7-16/h9-10,12-13,16,20H,3-8,11H2,1-2H3/t20-/m1/s1. The third-order valence-corrected chi connectivity index (χ3v) is 5.90. The van der Waals surface area contributed by atoms with Crippen LogP contribution in [-0.4, -0.2) is 28.4 Å². The molecule has 2 heterocycles. The number of carbonyl (C=O) groups excluding carboxylic acids is 1. The molecular weight excluding hydrogens is 296 g/mol. The van der Waals surface area contributed by atoms with Gasteiger partial charge in [-0.25, -0.2) is 0 Å². The monoisotopic (exact) mass is 322 g/mol. The van der Waals surface area contributed by atoms with Gasteiger partial charge in [0.1, 0.15) is 0 Å². The van der Waals surface area contributed by atoms with Crippen LogP contribution < -0.4 is 0 Å². The molecule has 3 heteroatoms. The summed E-state index contributed by atoms with van der Waals surface area (Å²) >= 11 is 0. The average Bonchev–Trinajstić information content (AvgIpc) is 3.24. The Hall–Kier alpha value is -1.90. The Bertz CT molecular complexity index is 777. The average molecular weight is 322 g/mol. The molecule has 1 aliphatic carbocycles. The molecule has 0 bridgehead atoms. The van der Waals surface area contributed by atoms with Crippen LogP contribution in [0.15, 0.2) is 24.3 Å². The zero-order valence-corrected chi connectivity index (χ0v) is 14.7. The van der Waals surface area contributed by atoms with Crippen LogP contribution in [0, 0.1) is 19.8 Å². The van der Waals surface area contributed by atoms with Crippen molar-refractivity contribution in [2.45, 2.75) is 58.4 Å². The van der Waals surface area contributed by atoms with Crippen LogP contribution in [-0.2, 0) is 0 Å². The second-order valence-corrected chi connectivity index (χ2v) is 7.57. The first kappa shape index (κ1) is 15.6. The predicted molar refractivity (Wildman–Crippen MR) is 97.2 cm³/mol. The van der Waals surface area contributed by atoms with Gasteiger partial charge in [-0.1, -0.05) is 24.5 Å². The third kappa shape index (κ3) is 2.70. The zero-order chi connectivity index (χ0) is 16.7. The molecule has 126 valence electrons. The van der Waals surface area contributed by atoms with Gasteiger partial charge >= 0.3 is 0 Å². The largest absolute Gasteiger partial charge is 0.335 e. The first-order valence-electron chi connectivity index (χ1n) is 9.32. The lowest BCUT2D eigenvalue weighted by Crippen LogP contribution is -2.39. The molecule has 1 atom stereocenters. The summed E-state index contributed by atoms with van der Waals surface area (Å²) in [5.41, 5.74) is 3.83. The van der Waals surface area contributed by atoms with E-state index < -0.39 is 0 Å². The summed E-state index contributed by atoms with van der Waals surface area (Å²) < 4.78 is 0. The lowest BCUT2D eigenvalue weighted by atomic mass is 9.95. The highest BCUT2D eigenvalue weighted by molar-refractivity contribution is 5.99. The van der Waals surface area contributed by atoms with Crippen molar-refractivity contribution in [3.05, 3.63) is 41.1 Å². The van der Waals surface area contributed by atoms with Gasteiger partial charge in [0.05, 0.1) is 16.8 Å². The van der Waals surface area contributed by atoms with Crippen molar-refractivity contribution >= 4 is 16.8 Å². The maximum Gasteiger partial charge on any atom is 0.255 e. The zero-order valence-electron chi connectivity index (χ0n) is 14.7. The summed E-state index contributed by atoms with van der Waals surface area (Å²) in [5.74, 6) is 0.908. The molecule has 0 N–H and O–H groups in total. The molecule has 1 aliphatic heterocycles. The molecule has 0 unspecified atom stereocenters. The highest BCUT2D eigenvalue weighted by Gasteiger charge is 2.36. The Morgan fingerprint density at radius 2 is 1.88 bits per heavy atom. The smallest absolute Gasteiger partial charge is 0.255 e. The number of aryl methyl sites for hydroxylation is 2. The third-order valence-electron chi connectivity index (χ3n) is 5.90. The molecule has 2 fully saturated rings. The van der Waals surface area contributed by atoms with E-state index in [2.05, 4.69) is 35.0 Å². The molecule has 0 radical (unpaired) electrons. The maximum absolute atomic E-state index is 13.2. The van der Waals surface area contributed by atoms with Crippen LogP contribution in [0.5, 0.6) is 0 Å². The van der Waals surface area contributed by atoms with E-state index in [-0.39, 0.29) is 5.91 Å². The molecule has 4 rings (SSSR count). The first-order chi connectivity index (χ1) is 11.6. The van der Waals surface area contributed by atoms with E-state index in [1.807, 2.05) is 13.0 Å². The molecule has 24 heavy (non-hydrogen) atoms. The number of hydrogen-bond acceptors (Lipinski definition) is 2. The van der Waals surface area contributed by atoms with Crippen molar-refractivity contribution in [1.82, 2.24) is 9.88 Å². The summed E-state index contributed by atoms with van der Waals surface area (Å²) in [6, 6.07) is 8.75. The number of pyridine rings is 1. The number of likely N-dealkylation sites (tertiary alicyclic amines) is 1. The molecule has 1 saturated carbocycles. The van der Waals surface area contributed by atoms with Crippen molar-refractivity contribution < 1.29 is 4.79 Å². The minimum atomic E-state index is 0.192. The molecule has 3 nitrogen and oxygen atoms in total. The second kappa shape index (κ2) is 6.19. The van der Waals surface area contributed by atoms with Crippen molar-refractivity contribution in [3.63, 3.8) is 0 Å². The Morgan fingerprint density at radius 1 is 1.08 bits per heavy atom. The highest BCUT2D eigenvalue weighted by Crippen LogP contribution is 2.36. The van der Waals surface area contributed by atoms with Crippen LogP contribution in [0.1, 0.15) is 60.1 Å².